The fourth-order valence-electron chi connectivity index (χ4n) is 3.78. The van der Waals surface area contributed by atoms with Crippen LogP contribution < -0.4 is 29.6 Å². The molecule has 0 fully saturated rings. The molecule has 4 N–H and O–H groups in total. The number of nitrogens with one attached hydrogen (secondary N) is 2. The topological polar surface area (TPSA) is 101 Å². The summed E-state index contributed by atoms with van der Waals surface area (Å²) in [5.74, 6) is 2.41. The molecule has 3 rings (SSSR count). The molecule has 8 nitrogen and oxygen atoms in total. The van der Waals surface area contributed by atoms with E-state index in [-0.39, 0.29) is 13.2 Å². The van der Waals surface area contributed by atoms with Crippen molar-refractivity contribution in [3.63, 3.8) is 0 Å². The zero-order valence-electron chi connectivity index (χ0n) is 22.8. The van der Waals surface area contributed by atoms with Gasteiger partial charge in [-0.3, -0.25) is 0 Å². The Balaban J connectivity index is 1.34. The molecule has 0 radical (unpaired) electrons. The Morgan fingerprint density at radius 1 is 0.600 bits per heavy atom. The van der Waals surface area contributed by atoms with Crippen molar-refractivity contribution >= 4 is 0 Å². The van der Waals surface area contributed by atoms with Crippen LogP contribution in [-0.2, 0) is 13.1 Å². The molecule has 0 saturated carbocycles. The second-order valence-corrected chi connectivity index (χ2v) is 9.10. The van der Waals surface area contributed by atoms with E-state index in [1.165, 1.54) is 0 Å². The summed E-state index contributed by atoms with van der Waals surface area (Å²) in [5.41, 5.74) is 2.19. The Bertz CT molecular complexity index is 1080. The molecule has 0 aliphatic heterocycles. The van der Waals surface area contributed by atoms with Gasteiger partial charge in [0.1, 0.15) is 38.6 Å². The molecule has 0 aromatic heterocycles. The maximum atomic E-state index is 10.3. The van der Waals surface area contributed by atoms with Crippen molar-refractivity contribution in [3.8, 4) is 23.0 Å². The van der Waals surface area contributed by atoms with E-state index in [1.807, 2.05) is 66.7 Å². The van der Waals surface area contributed by atoms with Crippen LogP contribution in [0.2, 0.25) is 0 Å². The molecule has 0 aliphatic rings. The van der Waals surface area contributed by atoms with Crippen LogP contribution in [0.25, 0.3) is 0 Å². The van der Waals surface area contributed by atoms with Crippen LogP contribution in [0.1, 0.15) is 11.1 Å². The van der Waals surface area contributed by atoms with Crippen molar-refractivity contribution in [2.75, 3.05) is 39.5 Å². The maximum absolute atomic E-state index is 10.3. The van der Waals surface area contributed by atoms with Crippen LogP contribution in [0.3, 0.4) is 0 Å². The van der Waals surface area contributed by atoms with Gasteiger partial charge in [0, 0.05) is 26.2 Å². The fourth-order valence-corrected chi connectivity index (χ4v) is 3.78. The van der Waals surface area contributed by atoms with Gasteiger partial charge in [-0.05, 0) is 35.4 Å². The Kier molecular flexibility index (Phi) is 13.6. The van der Waals surface area contributed by atoms with E-state index < -0.39 is 12.2 Å². The minimum Gasteiger partial charge on any atom is -0.487 e. The maximum Gasteiger partial charge on any atom is 0.161 e. The number of ether oxygens (including phenoxy) is 4. The van der Waals surface area contributed by atoms with Crippen LogP contribution in [0, 0.1) is 0 Å². The number of hydrogen-bond acceptors (Lipinski definition) is 8. The Morgan fingerprint density at radius 2 is 1.00 bits per heavy atom. The van der Waals surface area contributed by atoms with E-state index in [9.17, 15) is 10.2 Å². The number of aliphatic hydroxyl groups is 2. The molecule has 0 saturated heterocycles. The molecule has 0 aliphatic carbocycles. The lowest BCUT2D eigenvalue weighted by Crippen LogP contribution is -2.31. The van der Waals surface area contributed by atoms with Crippen molar-refractivity contribution in [1.29, 1.82) is 0 Å². The smallest absolute Gasteiger partial charge is 0.161 e. The summed E-state index contributed by atoms with van der Waals surface area (Å²) in [6, 6.07) is 22.9. The van der Waals surface area contributed by atoms with Crippen molar-refractivity contribution in [2.24, 2.45) is 0 Å². The van der Waals surface area contributed by atoms with Gasteiger partial charge in [0.2, 0.25) is 0 Å². The summed E-state index contributed by atoms with van der Waals surface area (Å²) in [4.78, 5) is 0. The molecule has 2 atom stereocenters. The first-order chi connectivity index (χ1) is 19.6. The first-order valence-electron chi connectivity index (χ1n) is 13.4. The number of para-hydroxylation sites is 4. The van der Waals surface area contributed by atoms with Crippen molar-refractivity contribution in [3.05, 3.63) is 109 Å². The first kappa shape index (κ1) is 30.7. The van der Waals surface area contributed by atoms with Gasteiger partial charge in [-0.1, -0.05) is 73.8 Å². The summed E-state index contributed by atoms with van der Waals surface area (Å²) in [5, 5.41) is 27.2. The monoisotopic (exact) mass is 548 g/mol. The van der Waals surface area contributed by atoms with Gasteiger partial charge in [-0.15, -0.1) is 0 Å². The molecule has 0 amide bonds. The molecule has 0 bridgehead atoms. The third kappa shape index (κ3) is 11.1. The minimum atomic E-state index is -0.679. The van der Waals surface area contributed by atoms with Gasteiger partial charge in [0.05, 0.1) is 0 Å². The third-order valence-corrected chi connectivity index (χ3v) is 5.68. The van der Waals surface area contributed by atoms with Gasteiger partial charge in [-0.25, -0.2) is 0 Å². The minimum absolute atomic E-state index is 0.144. The molecular formula is C32H40N2O6. The Labute approximate surface area is 236 Å². The van der Waals surface area contributed by atoms with E-state index >= 15 is 0 Å². The van der Waals surface area contributed by atoms with Gasteiger partial charge in [0.25, 0.3) is 0 Å². The molecular weight excluding hydrogens is 508 g/mol. The van der Waals surface area contributed by atoms with Crippen LogP contribution in [0.15, 0.2) is 98.1 Å². The second kappa shape index (κ2) is 17.7. The van der Waals surface area contributed by atoms with Crippen LogP contribution in [0.5, 0.6) is 23.0 Å². The molecule has 0 heterocycles. The first-order valence-corrected chi connectivity index (χ1v) is 13.4. The Hall–Kier alpha value is -3.82. The van der Waals surface area contributed by atoms with Gasteiger partial charge >= 0.3 is 0 Å². The molecule has 214 valence electrons. The molecule has 3 aromatic rings. The number of aliphatic hydroxyl groups excluding tert-OH is 2. The highest BCUT2D eigenvalue weighted by Gasteiger charge is 2.10. The zero-order valence-corrected chi connectivity index (χ0v) is 22.8. The lowest BCUT2D eigenvalue weighted by Gasteiger charge is -2.16. The largest absolute Gasteiger partial charge is 0.487 e. The van der Waals surface area contributed by atoms with E-state index in [4.69, 9.17) is 18.9 Å². The van der Waals surface area contributed by atoms with Crippen LogP contribution in [-0.4, -0.2) is 61.9 Å². The SMILES string of the molecule is C=CCOc1ccccc1OCC(O)CNCc1cccc(CNCC(O)COc2ccccc2OCC=C)c1. The quantitative estimate of drug-likeness (QED) is 0.158. The highest BCUT2D eigenvalue weighted by molar-refractivity contribution is 5.40. The molecule has 3 aromatic carbocycles. The fraction of sp³-hybridized carbons (Fsp3) is 0.312. The number of hydrogen-bond donors (Lipinski definition) is 4. The molecule has 8 heteroatoms. The van der Waals surface area contributed by atoms with Gasteiger partial charge in [-0.2, -0.15) is 0 Å². The van der Waals surface area contributed by atoms with Crippen molar-refractivity contribution in [1.82, 2.24) is 10.6 Å². The number of benzene rings is 3. The number of rotatable bonds is 20. The third-order valence-electron chi connectivity index (χ3n) is 5.68. The van der Waals surface area contributed by atoms with E-state index in [0.717, 1.165) is 11.1 Å². The normalized spacial score (nSPS) is 12.2. The predicted octanol–water partition coefficient (Wildman–Crippen LogP) is 3.88. The van der Waals surface area contributed by atoms with Crippen LogP contribution in [0.4, 0.5) is 0 Å². The molecule has 0 spiro atoms. The lowest BCUT2D eigenvalue weighted by atomic mass is 10.1. The molecule has 2 unspecified atom stereocenters. The van der Waals surface area contributed by atoms with Gasteiger partial charge < -0.3 is 39.8 Å². The van der Waals surface area contributed by atoms with E-state index in [1.54, 1.807) is 12.2 Å². The van der Waals surface area contributed by atoms with Crippen molar-refractivity contribution in [2.45, 2.75) is 25.3 Å². The zero-order chi connectivity index (χ0) is 28.4. The Morgan fingerprint density at radius 3 is 1.40 bits per heavy atom. The summed E-state index contributed by atoms with van der Waals surface area (Å²) in [6.45, 7) is 10.3. The summed E-state index contributed by atoms with van der Waals surface area (Å²) >= 11 is 0. The average molecular weight is 549 g/mol. The second-order valence-electron chi connectivity index (χ2n) is 9.10. The lowest BCUT2D eigenvalue weighted by molar-refractivity contribution is 0.104. The van der Waals surface area contributed by atoms with E-state index in [0.29, 0.717) is 62.4 Å². The predicted molar refractivity (Wildman–Crippen MR) is 157 cm³/mol. The molecule has 40 heavy (non-hydrogen) atoms. The highest BCUT2D eigenvalue weighted by Crippen LogP contribution is 2.27. The van der Waals surface area contributed by atoms with Gasteiger partial charge in [0.15, 0.2) is 23.0 Å². The summed E-state index contributed by atoms with van der Waals surface area (Å²) in [7, 11) is 0. The summed E-state index contributed by atoms with van der Waals surface area (Å²) < 4.78 is 22.7. The van der Waals surface area contributed by atoms with E-state index in [2.05, 4.69) is 29.9 Å². The standard InChI is InChI=1S/C32H40N2O6/c1-3-16-37-29-12-5-7-14-31(29)39-23-27(35)21-33-19-25-10-9-11-26(18-25)20-34-22-28(36)24-40-32-15-8-6-13-30(32)38-17-4-2/h3-15,18,27-28,33-36H,1-2,16-17,19-24H2. The summed E-state index contributed by atoms with van der Waals surface area (Å²) in [6.07, 6.45) is 1.98. The average Bonchev–Trinajstić information content (AvgIpc) is 2.98. The van der Waals surface area contributed by atoms with Crippen LogP contribution >= 0.6 is 0 Å². The highest BCUT2D eigenvalue weighted by atomic mass is 16.5. The van der Waals surface area contributed by atoms with Crippen molar-refractivity contribution < 1.29 is 29.2 Å².